The summed E-state index contributed by atoms with van der Waals surface area (Å²) in [6, 6.07) is 0.404. The van der Waals surface area contributed by atoms with Gasteiger partial charge in [-0.3, -0.25) is 4.79 Å². The summed E-state index contributed by atoms with van der Waals surface area (Å²) in [7, 11) is 0. The third-order valence-corrected chi connectivity index (χ3v) is 4.97. The zero-order chi connectivity index (χ0) is 12.4. The normalized spacial score (nSPS) is 36.1. The summed E-state index contributed by atoms with van der Waals surface area (Å²) in [4.78, 5) is 12.2. The Kier molecular flexibility index (Phi) is 4.08. The number of hydrogen-bond donors (Lipinski definition) is 2. The van der Waals surface area contributed by atoms with Crippen molar-refractivity contribution in [3.05, 3.63) is 0 Å². The maximum Gasteiger partial charge on any atom is 0.223 e. The minimum absolute atomic E-state index is 0.167. The van der Waals surface area contributed by atoms with Crippen LogP contribution in [-0.2, 0) is 4.79 Å². The average Bonchev–Trinajstić information content (AvgIpc) is 2.22. The second-order valence-electron chi connectivity index (χ2n) is 6.09. The standard InChI is InChI=1S/C14H26N2O/c1-9-5-4-6-13(10(9)2)16-14(17)11(3)12-7-15-8-12/h9-13,15H,4-8H2,1-3H3,(H,16,17). The van der Waals surface area contributed by atoms with Gasteiger partial charge in [0.15, 0.2) is 0 Å². The van der Waals surface area contributed by atoms with E-state index in [1.165, 1.54) is 12.8 Å². The van der Waals surface area contributed by atoms with Crippen molar-refractivity contribution in [3.63, 3.8) is 0 Å². The van der Waals surface area contributed by atoms with Gasteiger partial charge in [-0.15, -0.1) is 0 Å². The lowest BCUT2D eigenvalue weighted by Gasteiger charge is -2.37. The van der Waals surface area contributed by atoms with Gasteiger partial charge >= 0.3 is 0 Å². The molecule has 2 N–H and O–H groups in total. The Balaban J connectivity index is 1.84. The van der Waals surface area contributed by atoms with Crippen molar-refractivity contribution in [1.29, 1.82) is 0 Å². The van der Waals surface area contributed by atoms with Crippen molar-refractivity contribution in [2.45, 2.75) is 46.1 Å². The van der Waals surface area contributed by atoms with Gasteiger partial charge in [-0.25, -0.2) is 0 Å². The van der Waals surface area contributed by atoms with Gasteiger partial charge in [-0.05, 0) is 37.3 Å². The Morgan fingerprint density at radius 1 is 1.29 bits per heavy atom. The second kappa shape index (κ2) is 5.38. The van der Waals surface area contributed by atoms with Crippen molar-refractivity contribution >= 4 is 5.91 Å². The number of carbonyl (C=O) groups is 1. The monoisotopic (exact) mass is 238 g/mol. The topological polar surface area (TPSA) is 41.1 Å². The fourth-order valence-electron chi connectivity index (χ4n) is 2.98. The smallest absolute Gasteiger partial charge is 0.223 e. The van der Waals surface area contributed by atoms with E-state index in [1.54, 1.807) is 0 Å². The molecular formula is C14H26N2O. The molecule has 0 aromatic rings. The summed E-state index contributed by atoms with van der Waals surface area (Å²) in [6.45, 7) is 8.67. The van der Waals surface area contributed by atoms with Crippen LogP contribution in [0, 0.1) is 23.7 Å². The largest absolute Gasteiger partial charge is 0.353 e. The summed E-state index contributed by atoms with van der Waals surface area (Å²) >= 11 is 0. The van der Waals surface area contributed by atoms with Crippen molar-refractivity contribution in [1.82, 2.24) is 10.6 Å². The number of hydrogen-bond acceptors (Lipinski definition) is 2. The van der Waals surface area contributed by atoms with Gasteiger partial charge in [0.25, 0.3) is 0 Å². The number of rotatable bonds is 3. The second-order valence-corrected chi connectivity index (χ2v) is 6.09. The van der Waals surface area contributed by atoms with E-state index in [0.717, 1.165) is 25.4 Å². The van der Waals surface area contributed by atoms with E-state index >= 15 is 0 Å². The summed E-state index contributed by atoms with van der Waals surface area (Å²) in [6.07, 6.45) is 3.73. The lowest BCUT2D eigenvalue weighted by Crippen LogP contribution is -2.52. The van der Waals surface area contributed by atoms with E-state index in [4.69, 9.17) is 0 Å². The first-order chi connectivity index (χ1) is 8.09. The van der Waals surface area contributed by atoms with E-state index in [9.17, 15) is 4.79 Å². The first-order valence-electron chi connectivity index (χ1n) is 7.10. The van der Waals surface area contributed by atoms with E-state index < -0.39 is 0 Å². The maximum absolute atomic E-state index is 12.2. The molecule has 3 heteroatoms. The molecule has 2 rings (SSSR count). The molecule has 0 bridgehead atoms. The molecular weight excluding hydrogens is 212 g/mol. The van der Waals surface area contributed by atoms with Gasteiger partial charge in [0.1, 0.15) is 0 Å². The third-order valence-electron chi connectivity index (χ3n) is 4.97. The third kappa shape index (κ3) is 2.82. The minimum atomic E-state index is 0.167. The quantitative estimate of drug-likeness (QED) is 0.787. The molecule has 1 aliphatic heterocycles. The lowest BCUT2D eigenvalue weighted by atomic mass is 9.77. The van der Waals surface area contributed by atoms with Crippen molar-refractivity contribution < 1.29 is 4.79 Å². The van der Waals surface area contributed by atoms with Gasteiger partial charge in [0, 0.05) is 12.0 Å². The molecule has 0 radical (unpaired) electrons. The highest BCUT2D eigenvalue weighted by atomic mass is 16.1. The fourth-order valence-corrected chi connectivity index (χ4v) is 2.98. The van der Waals surface area contributed by atoms with Crippen molar-refractivity contribution in [3.8, 4) is 0 Å². The molecule has 1 saturated heterocycles. The van der Waals surface area contributed by atoms with E-state index in [1.807, 2.05) is 0 Å². The molecule has 1 amide bonds. The van der Waals surface area contributed by atoms with Crippen LogP contribution in [0.3, 0.4) is 0 Å². The molecule has 4 unspecified atom stereocenters. The highest BCUT2D eigenvalue weighted by molar-refractivity contribution is 5.79. The Morgan fingerprint density at radius 2 is 2.00 bits per heavy atom. The number of carbonyl (C=O) groups excluding carboxylic acids is 1. The molecule has 1 aliphatic carbocycles. The van der Waals surface area contributed by atoms with Crippen LogP contribution in [-0.4, -0.2) is 25.0 Å². The lowest BCUT2D eigenvalue weighted by molar-refractivity contribution is -0.128. The van der Waals surface area contributed by atoms with Crippen LogP contribution in [0.15, 0.2) is 0 Å². The predicted molar refractivity (Wildman–Crippen MR) is 69.6 cm³/mol. The van der Waals surface area contributed by atoms with Gasteiger partial charge < -0.3 is 10.6 Å². The van der Waals surface area contributed by atoms with E-state index in [-0.39, 0.29) is 11.8 Å². The molecule has 1 saturated carbocycles. The van der Waals surface area contributed by atoms with Crippen LogP contribution in [0.5, 0.6) is 0 Å². The Hall–Kier alpha value is -0.570. The zero-order valence-electron chi connectivity index (χ0n) is 11.3. The molecule has 2 fully saturated rings. The van der Waals surface area contributed by atoms with Crippen LogP contribution in [0.25, 0.3) is 0 Å². The Bertz CT molecular complexity index is 275. The van der Waals surface area contributed by atoms with Gasteiger partial charge in [-0.2, -0.15) is 0 Å². The van der Waals surface area contributed by atoms with Crippen LogP contribution >= 0.6 is 0 Å². The number of nitrogens with one attached hydrogen (secondary N) is 2. The fraction of sp³-hybridized carbons (Fsp3) is 0.929. The highest BCUT2D eigenvalue weighted by Crippen LogP contribution is 2.30. The van der Waals surface area contributed by atoms with Crippen molar-refractivity contribution in [2.24, 2.45) is 23.7 Å². The summed E-state index contributed by atoms with van der Waals surface area (Å²) < 4.78 is 0. The SMILES string of the molecule is CC1CCCC(NC(=O)C(C)C2CNC2)C1C. The van der Waals surface area contributed by atoms with Gasteiger partial charge in [-0.1, -0.05) is 33.6 Å². The zero-order valence-corrected chi connectivity index (χ0v) is 11.3. The van der Waals surface area contributed by atoms with Crippen LogP contribution in [0.1, 0.15) is 40.0 Å². The molecule has 17 heavy (non-hydrogen) atoms. The van der Waals surface area contributed by atoms with Crippen LogP contribution in [0.4, 0.5) is 0 Å². The average molecular weight is 238 g/mol. The predicted octanol–water partition coefficient (Wildman–Crippen LogP) is 1.78. The van der Waals surface area contributed by atoms with Crippen LogP contribution < -0.4 is 10.6 Å². The summed E-state index contributed by atoms with van der Waals surface area (Å²) in [5, 5.41) is 6.52. The van der Waals surface area contributed by atoms with E-state index in [0.29, 0.717) is 17.9 Å². The molecule has 98 valence electrons. The highest BCUT2D eigenvalue weighted by Gasteiger charge is 2.33. The van der Waals surface area contributed by atoms with Crippen LogP contribution in [0.2, 0.25) is 0 Å². The first-order valence-corrected chi connectivity index (χ1v) is 7.10. The van der Waals surface area contributed by atoms with Gasteiger partial charge in [0.05, 0.1) is 0 Å². The van der Waals surface area contributed by atoms with Crippen molar-refractivity contribution in [2.75, 3.05) is 13.1 Å². The maximum atomic E-state index is 12.2. The number of amides is 1. The summed E-state index contributed by atoms with van der Waals surface area (Å²) in [5.74, 6) is 2.35. The Morgan fingerprint density at radius 3 is 2.59 bits per heavy atom. The summed E-state index contributed by atoms with van der Waals surface area (Å²) in [5.41, 5.74) is 0. The van der Waals surface area contributed by atoms with E-state index in [2.05, 4.69) is 31.4 Å². The molecule has 3 nitrogen and oxygen atoms in total. The van der Waals surface area contributed by atoms with Gasteiger partial charge in [0.2, 0.25) is 5.91 Å². The molecule has 0 spiro atoms. The molecule has 0 aromatic carbocycles. The molecule has 2 aliphatic rings. The molecule has 0 aromatic heterocycles. The molecule has 4 atom stereocenters. The molecule has 1 heterocycles. The Labute approximate surface area is 105 Å². The first kappa shape index (κ1) is 12.9. The minimum Gasteiger partial charge on any atom is -0.353 e.